The molecule has 0 aromatic heterocycles. The minimum Gasteiger partial charge on any atom is -0.385 e. The maximum Gasteiger partial charge on any atom is 0.417 e. The lowest BCUT2D eigenvalue weighted by Gasteiger charge is -2.12. The molecule has 1 aromatic rings. The molecular weight excluding hydrogens is 251 g/mol. The Morgan fingerprint density at radius 3 is 2.65 bits per heavy atom. The zero-order chi connectivity index (χ0) is 12.9. The van der Waals surface area contributed by atoms with Crippen molar-refractivity contribution in [1.82, 2.24) is 0 Å². The molecule has 0 aliphatic rings. The third kappa shape index (κ3) is 4.20. The summed E-state index contributed by atoms with van der Waals surface area (Å²) in [6, 6.07) is 3.74. The summed E-state index contributed by atoms with van der Waals surface area (Å²) >= 11 is 5.49. The lowest BCUT2D eigenvalue weighted by atomic mass is 10.2. The molecule has 17 heavy (non-hydrogen) atoms. The van der Waals surface area contributed by atoms with E-state index in [1.165, 1.54) is 12.1 Å². The van der Waals surface area contributed by atoms with Crippen LogP contribution in [-0.4, -0.2) is 6.54 Å². The monoisotopic (exact) mass is 261 g/mol. The highest BCUT2D eigenvalue weighted by molar-refractivity contribution is 6.31. The fourth-order valence-electron chi connectivity index (χ4n) is 1.28. The molecule has 0 saturated carbocycles. The van der Waals surface area contributed by atoms with Crippen LogP contribution in [0.25, 0.3) is 0 Å². The molecule has 0 spiro atoms. The molecule has 0 unspecified atom stereocenters. The van der Waals surface area contributed by atoms with E-state index in [9.17, 15) is 13.2 Å². The third-order valence-electron chi connectivity index (χ3n) is 2.10. The highest BCUT2D eigenvalue weighted by atomic mass is 35.5. The predicted molar refractivity (Wildman–Crippen MR) is 63.0 cm³/mol. The number of alkyl halides is 3. The largest absolute Gasteiger partial charge is 0.417 e. The molecule has 1 N–H and O–H groups in total. The predicted octanol–water partition coefficient (Wildman–Crippen LogP) is 4.18. The maximum atomic E-state index is 12.5. The standard InChI is InChI=1S/C12H11ClF3N/c1-2-3-4-7-17-9-5-6-11(13)10(8-9)12(14,15)16/h1,5-6,8,17H,3-4,7H2. The zero-order valence-corrected chi connectivity index (χ0v) is 9.70. The molecule has 0 amide bonds. The van der Waals surface area contributed by atoms with Gasteiger partial charge in [-0.05, 0) is 24.6 Å². The fourth-order valence-corrected chi connectivity index (χ4v) is 1.50. The van der Waals surface area contributed by atoms with E-state index >= 15 is 0 Å². The van der Waals surface area contributed by atoms with Crippen LogP contribution in [0, 0.1) is 12.3 Å². The van der Waals surface area contributed by atoms with Crippen molar-refractivity contribution in [3.8, 4) is 12.3 Å². The van der Waals surface area contributed by atoms with Crippen LogP contribution in [0.2, 0.25) is 5.02 Å². The van der Waals surface area contributed by atoms with Gasteiger partial charge in [0, 0.05) is 18.7 Å². The molecule has 1 rings (SSSR count). The summed E-state index contributed by atoms with van der Waals surface area (Å²) in [7, 11) is 0. The lowest BCUT2D eigenvalue weighted by Crippen LogP contribution is -2.08. The Morgan fingerprint density at radius 1 is 1.35 bits per heavy atom. The van der Waals surface area contributed by atoms with E-state index < -0.39 is 11.7 Å². The Hall–Kier alpha value is -1.34. The summed E-state index contributed by atoms with van der Waals surface area (Å²) in [6.45, 7) is 0.531. The number of terminal acetylenes is 1. The number of nitrogens with one attached hydrogen (secondary N) is 1. The van der Waals surface area contributed by atoms with E-state index in [0.29, 0.717) is 25.1 Å². The van der Waals surface area contributed by atoms with Gasteiger partial charge < -0.3 is 5.32 Å². The second-order valence-electron chi connectivity index (χ2n) is 3.43. The van der Waals surface area contributed by atoms with E-state index in [4.69, 9.17) is 18.0 Å². The fraction of sp³-hybridized carbons (Fsp3) is 0.333. The van der Waals surface area contributed by atoms with Crippen LogP contribution in [-0.2, 0) is 6.18 Å². The zero-order valence-electron chi connectivity index (χ0n) is 8.94. The van der Waals surface area contributed by atoms with Crippen molar-refractivity contribution in [2.24, 2.45) is 0 Å². The summed E-state index contributed by atoms with van der Waals surface area (Å²) in [4.78, 5) is 0. The highest BCUT2D eigenvalue weighted by Crippen LogP contribution is 2.36. The van der Waals surface area contributed by atoms with Crippen LogP contribution in [0.15, 0.2) is 18.2 Å². The van der Waals surface area contributed by atoms with E-state index in [2.05, 4.69) is 11.2 Å². The number of unbranched alkanes of at least 4 members (excludes halogenated alkanes) is 1. The molecule has 92 valence electrons. The van der Waals surface area contributed by atoms with Crippen LogP contribution in [0.3, 0.4) is 0 Å². The van der Waals surface area contributed by atoms with Crippen molar-refractivity contribution in [2.45, 2.75) is 19.0 Å². The van der Waals surface area contributed by atoms with Crippen LogP contribution >= 0.6 is 11.6 Å². The van der Waals surface area contributed by atoms with Gasteiger partial charge in [-0.25, -0.2) is 0 Å². The molecule has 0 fully saturated rings. The van der Waals surface area contributed by atoms with E-state index in [1.807, 2.05) is 0 Å². The van der Waals surface area contributed by atoms with Gasteiger partial charge in [0.25, 0.3) is 0 Å². The van der Waals surface area contributed by atoms with Crippen LogP contribution in [0.4, 0.5) is 18.9 Å². The number of rotatable bonds is 4. The first kappa shape index (κ1) is 13.7. The summed E-state index contributed by atoms with van der Waals surface area (Å²) in [5.74, 6) is 2.46. The number of halogens is 4. The Bertz CT molecular complexity index is 421. The smallest absolute Gasteiger partial charge is 0.385 e. The van der Waals surface area contributed by atoms with E-state index in [0.717, 1.165) is 6.07 Å². The van der Waals surface area contributed by atoms with Gasteiger partial charge >= 0.3 is 6.18 Å². The van der Waals surface area contributed by atoms with Gasteiger partial charge in [0.2, 0.25) is 0 Å². The van der Waals surface area contributed by atoms with Gasteiger partial charge in [0.15, 0.2) is 0 Å². The number of hydrogen-bond acceptors (Lipinski definition) is 1. The highest BCUT2D eigenvalue weighted by Gasteiger charge is 2.33. The quantitative estimate of drug-likeness (QED) is 0.633. The topological polar surface area (TPSA) is 12.0 Å². The first-order valence-electron chi connectivity index (χ1n) is 4.99. The Morgan fingerprint density at radius 2 is 2.06 bits per heavy atom. The van der Waals surface area contributed by atoms with Gasteiger partial charge in [-0.3, -0.25) is 0 Å². The molecule has 0 heterocycles. The SMILES string of the molecule is C#CCCCNc1ccc(Cl)c(C(F)(F)F)c1. The summed E-state index contributed by atoms with van der Waals surface area (Å²) in [5, 5.41) is 2.57. The molecular formula is C12H11ClF3N. The molecule has 0 aliphatic heterocycles. The Balaban J connectivity index is 2.73. The molecule has 0 atom stereocenters. The first-order chi connectivity index (χ1) is 7.95. The first-order valence-corrected chi connectivity index (χ1v) is 5.37. The molecule has 1 nitrogen and oxygen atoms in total. The minimum atomic E-state index is -4.44. The Kier molecular flexibility index (Phi) is 4.71. The molecule has 0 saturated heterocycles. The van der Waals surface area contributed by atoms with Crippen molar-refractivity contribution in [2.75, 3.05) is 11.9 Å². The molecule has 1 aromatic carbocycles. The maximum absolute atomic E-state index is 12.5. The molecule has 0 aliphatic carbocycles. The average Bonchev–Trinajstić information content (AvgIpc) is 2.25. The number of anilines is 1. The number of hydrogen-bond donors (Lipinski definition) is 1. The lowest BCUT2D eigenvalue weighted by molar-refractivity contribution is -0.137. The Labute approximate surface area is 103 Å². The molecule has 0 radical (unpaired) electrons. The van der Waals surface area contributed by atoms with E-state index in [1.54, 1.807) is 0 Å². The van der Waals surface area contributed by atoms with Crippen molar-refractivity contribution in [3.05, 3.63) is 28.8 Å². The van der Waals surface area contributed by atoms with Gasteiger partial charge in [-0.2, -0.15) is 13.2 Å². The van der Waals surface area contributed by atoms with Crippen molar-refractivity contribution >= 4 is 17.3 Å². The van der Waals surface area contributed by atoms with E-state index in [-0.39, 0.29) is 5.02 Å². The van der Waals surface area contributed by atoms with Crippen molar-refractivity contribution in [1.29, 1.82) is 0 Å². The van der Waals surface area contributed by atoms with Crippen LogP contribution in [0.5, 0.6) is 0 Å². The van der Waals surface area contributed by atoms with Crippen LogP contribution < -0.4 is 5.32 Å². The normalized spacial score (nSPS) is 11.0. The second-order valence-corrected chi connectivity index (χ2v) is 3.83. The van der Waals surface area contributed by atoms with Gasteiger partial charge in [-0.1, -0.05) is 11.6 Å². The number of benzene rings is 1. The molecule has 0 bridgehead atoms. The summed E-state index contributed by atoms with van der Waals surface area (Å²) in [6.07, 6.45) is 1.93. The van der Waals surface area contributed by atoms with Crippen molar-refractivity contribution in [3.63, 3.8) is 0 Å². The minimum absolute atomic E-state index is 0.299. The van der Waals surface area contributed by atoms with Crippen molar-refractivity contribution < 1.29 is 13.2 Å². The van der Waals surface area contributed by atoms with Crippen LogP contribution in [0.1, 0.15) is 18.4 Å². The third-order valence-corrected chi connectivity index (χ3v) is 2.43. The second kappa shape index (κ2) is 5.83. The summed E-state index contributed by atoms with van der Waals surface area (Å²) < 4.78 is 37.6. The van der Waals surface area contributed by atoms with Gasteiger partial charge in [-0.15, -0.1) is 12.3 Å². The summed E-state index contributed by atoms with van der Waals surface area (Å²) in [5.41, 5.74) is -0.445. The molecule has 5 heteroatoms. The van der Waals surface area contributed by atoms with Gasteiger partial charge in [0.1, 0.15) is 0 Å². The average molecular weight is 262 g/mol. The van der Waals surface area contributed by atoms with Gasteiger partial charge in [0.05, 0.1) is 10.6 Å².